The molecule has 1 aromatic rings. The second kappa shape index (κ2) is 7.45. The van der Waals surface area contributed by atoms with Gasteiger partial charge in [-0.05, 0) is 39.8 Å². The molecule has 6 heteroatoms. The lowest BCUT2D eigenvalue weighted by Gasteiger charge is -2.28. The third-order valence-electron chi connectivity index (χ3n) is 4.19. The summed E-state index contributed by atoms with van der Waals surface area (Å²) in [7, 11) is 1.95. The van der Waals surface area contributed by atoms with Gasteiger partial charge in [0.25, 0.3) is 0 Å². The van der Waals surface area contributed by atoms with E-state index in [-0.39, 0.29) is 17.6 Å². The highest BCUT2D eigenvalue weighted by molar-refractivity contribution is 5.78. The van der Waals surface area contributed by atoms with Crippen LogP contribution in [0, 0.1) is 5.92 Å². The van der Waals surface area contributed by atoms with Gasteiger partial charge >= 0.3 is 0 Å². The van der Waals surface area contributed by atoms with Gasteiger partial charge in [0.1, 0.15) is 6.10 Å². The summed E-state index contributed by atoms with van der Waals surface area (Å²) < 4.78 is 7.81. The molecule has 2 rings (SSSR count). The third-order valence-corrected chi connectivity index (χ3v) is 4.19. The van der Waals surface area contributed by atoms with Crippen LogP contribution in [0.25, 0.3) is 0 Å². The van der Waals surface area contributed by atoms with E-state index in [1.54, 1.807) is 0 Å². The molecular formula is C17H30N4O2. The first-order valence-corrected chi connectivity index (χ1v) is 8.43. The van der Waals surface area contributed by atoms with Crippen LogP contribution in [0.3, 0.4) is 0 Å². The first kappa shape index (κ1) is 17.9. The van der Waals surface area contributed by atoms with E-state index in [1.807, 2.05) is 44.8 Å². The van der Waals surface area contributed by atoms with E-state index in [0.29, 0.717) is 12.5 Å². The summed E-state index contributed by atoms with van der Waals surface area (Å²) in [5.41, 5.74) is 0.923. The predicted octanol–water partition coefficient (Wildman–Crippen LogP) is 1.73. The smallest absolute Gasteiger partial charge is 0.234 e. The Morgan fingerprint density at radius 3 is 2.83 bits per heavy atom. The van der Waals surface area contributed by atoms with Crippen LogP contribution < -0.4 is 5.32 Å². The standard InChI is InChI=1S/C17H30N4O2/c1-6-21(12-15(22)19-17(2,3)4)11-13-8-10-23-16(13)14-7-9-18-20(14)5/h7,9,13,16H,6,8,10-12H2,1-5H3,(H,19,22)/t13-,16+/m0/s1. The normalized spacial score (nSPS) is 21.8. The number of amides is 1. The molecule has 1 amide bonds. The largest absolute Gasteiger partial charge is 0.372 e. The highest BCUT2D eigenvalue weighted by Crippen LogP contribution is 2.34. The van der Waals surface area contributed by atoms with Crippen molar-refractivity contribution in [2.24, 2.45) is 13.0 Å². The Balaban J connectivity index is 1.95. The molecule has 23 heavy (non-hydrogen) atoms. The van der Waals surface area contributed by atoms with Crippen molar-refractivity contribution in [1.82, 2.24) is 20.0 Å². The molecule has 130 valence electrons. The molecule has 0 aromatic carbocycles. The summed E-state index contributed by atoms with van der Waals surface area (Å²) in [6.45, 7) is 11.0. The zero-order valence-electron chi connectivity index (χ0n) is 15.0. The summed E-state index contributed by atoms with van der Waals surface area (Å²) in [6, 6.07) is 2.02. The van der Waals surface area contributed by atoms with Crippen molar-refractivity contribution in [3.05, 3.63) is 18.0 Å². The number of rotatable bonds is 6. The summed E-state index contributed by atoms with van der Waals surface area (Å²) in [5.74, 6) is 0.475. The minimum Gasteiger partial charge on any atom is -0.372 e. The molecule has 0 bridgehead atoms. The predicted molar refractivity (Wildman–Crippen MR) is 90.0 cm³/mol. The monoisotopic (exact) mass is 322 g/mol. The van der Waals surface area contributed by atoms with E-state index in [2.05, 4.69) is 22.2 Å². The number of carbonyl (C=O) groups excluding carboxylic acids is 1. The lowest BCUT2D eigenvalue weighted by Crippen LogP contribution is -2.46. The Hall–Kier alpha value is -1.40. The molecule has 0 spiro atoms. The molecule has 2 heterocycles. The van der Waals surface area contributed by atoms with Gasteiger partial charge in [-0.1, -0.05) is 6.92 Å². The Labute approximate surface area is 139 Å². The molecule has 1 saturated heterocycles. The van der Waals surface area contributed by atoms with Crippen LogP contribution >= 0.6 is 0 Å². The van der Waals surface area contributed by atoms with Crippen LogP contribution in [0.4, 0.5) is 0 Å². The van der Waals surface area contributed by atoms with Crippen molar-refractivity contribution in [1.29, 1.82) is 0 Å². The van der Waals surface area contributed by atoms with Gasteiger partial charge in [0.15, 0.2) is 0 Å². The second-order valence-corrected chi connectivity index (χ2v) is 7.35. The van der Waals surface area contributed by atoms with E-state index in [0.717, 1.165) is 31.8 Å². The zero-order valence-corrected chi connectivity index (χ0v) is 15.0. The maximum atomic E-state index is 12.2. The van der Waals surface area contributed by atoms with Gasteiger partial charge in [0.2, 0.25) is 5.91 Å². The van der Waals surface area contributed by atoms with E-state index in [9.17, 15) is 4.79 Å². The minimum absolute atomic E-state index is 0.0715. The summed E-state index contributed by atoms with van der Waals surface area (Å²) >= 11 is 0. The van der Waals surface area contributed by atoms with Crippen LogP contribution in [-0.2, 0) is 16.6 Å². The zero-order chi connectivity index (χ0) is 17.0. The fourth-order valence-electron chi connectivity index (χ4n) is 3.11. The maximum absolute atomic E-state index is 12.2. The number of hydrogen-bond acceptors (Lipinski definition) is 4. The van der Waals surface area contributed by atoms with Gasteiger partial charge in [-0.3, -0.25) is 14.4 Å². The van der Waals surface area contributed by atoms with Crippen molar-refractivity contribution in [2.75, 3.05) is 26.2 Å². The number of aromatic nitrogens is 2. The van der Waals surface area contributed by atoms with E-state index < -0.39 is 0 Å². The van der Waals surface area contributed by atoms with E-state index in [1.165, 1.54) is 0 Å². The average molecular weight is 322 g/mol. The van der Waals surface area contributed by atoms with Crippen molar-refractivity contribution in [2.45, 2.75) is 45.8 Å². The van der Waals surface area contributed by atoms with Gasteiger partial charge in [-0.2, -0.15) is 5.10 Å². The fourth-order valence-corrected chi connectivity index (χ4v) is 3.11. The molecule has 1 aliphatic heterocycles. The molecule has 1 aliphatic rings. The minimum atomic E-state index is -0.190. The van der Waals surface area contributed by atoms with Gasteiger partial charge in [-0.25, -0.2) is 0 Å². The van der Waals surface area contributed by atoms with Crippen LogP contribution in [0.5, 0.6) is 0 Å². The number of nitrogens with one attached hydrogen (secondary N) is 1. The lowest BCUT2D eigenvalue weighted by molar-refractivity contribution is -0.123. The van der Waals surface area contributed by atoms with Gasteiger partial charge in [0.05, 0.1) is 12.2 Å². The van der Waals surface area contributed by atoms with Crippen LogP contribution in [0.2, 0.25) is 0 Å². The third kappa shape index (κ3) is 5.04. The summed E-state index contributed by atoms with van der Waals surface area (Å²) in [5, 5.41) is 7.27. The van der Waals surface area contributed by atoms with E-state index in [4.69, 9.17) is 4.74 Å². The van der Waals surface area contributed by atoms with Crippen molar-refractivity contribution in [3.63, 3.8) is 0 Å². The highest BCUT2D eigenvalue weighted by Gasteiger charge is 2.33. The SMILES string of the molecule is CCN(CC(=O)NC(C)(C)C)C[C@@H]1CCO[C@H]1c1ccnn1C. The summed E-state index contributed by atoms with van der Waals surface area (Å²) in [4.78, 5) is 14.4. The molecule has 1 N–H and O–H groups in total. The lowest BCUT2D eigenvalue weighted by atomic mass is 9.98. The number of ether oxygens (including phenoxy) is 1. The Morgan fingerprint density at radius 1 is 1.52 bits per heavy atom. The van der Waals surface area contributed by atoms with Gasteiger partial charge < -0.3 is 10.1 Å². The van der Waals surface area contributed by atoms with Crippen molar-refractivity contribution < 1.29 is 9.53 Å². The number of nitrogens with zero attached hydrogens (tertiary/aromatic N) is 3. The van der Waals surface area contributed by atoms with Crippen molar-refractivity contribution in [3.8, 4) is 0 Å². The molecule has 0 saturated carbocycles. The molecule has 1 fully saturated rings. The molecule has 6 nitrogen and oxygen atoms in total. The molecule has 2 atom stereocenters. The van der Waals surface area contributed by atoms with E-state index >= 15 is 0 Å². The molecule has 0 radical (unpaired) electrons. The number of aryl methyl sites for hydroxylation is 1. The molecular weight excluding hydrogens is 292 g/mol. The second-order valence-electron chi connectivity index (χ2n) is 7.35. The fraction of sp³-hybridized carbons (Fsp3) is 0.765. The van der Waals surface area contributed by atoms with Gasteiger partial charge in [0, 0.05) is 37.9 Å². The topological polar surface area (TPSA) is 59.4 Å². The summed E-state index contributed by atoms with van der Waals surface area (Å²) in [6.07, 6.45) is 2.90. The van der Waals surface area contributed by atoms with Crippen LogP contribution in [0.1, 0.15) is 45.9 Å². The Kier molecular flexibility index (Phi) is 5.81. The number of carbonyl (C=O) groups is 1. The Bertz CT molecular complexity index is 521. The Morgan fingerprint density at radius 2 is 2.26 bits per heavy atom. The quantitative estimate of drug-likeness (QED) is 0.866. The van der Waals surface area contributed by atoms with Gasteiger partial charge in [-0.15, -0.1) is 0 Å². The van der Waals surface area contributed by atoms with Crippen LogP contribution in [-0.4, -0.2) is 52.4 Å². The number of hydrogen-bond donors (Lipinski definition) is 1. The van der Waals surface area contributed by atoms with Crippen molar-refractivity contribution >= 4 is 5.91 Å². The first-order valence-electron chi connectivity index (χ1n) is 8.43. The molecule has 0 aliphatic carbocycles. The molecule has 0 unspecified atom stereocenters. The maximum Gasteiger partial charge on any atom is 0.234 e. The first-order chi connectivity index (χ1) is 10.8. The average Bonchev–Trinajstić information content (AvgIpc) is 3.04. The number of likely N-dealkylation sites (N-methyl/N-ethyl adjacent to an activating group) is 1. The highest BCUT2D eigenvalue weighted by atomic mass is 16.5. The molecule has 1 aromatic heterocycles. The van der Waals surface area contributed by atoms with Crippen LogP contribution in [0.15, 0.2) is 12.3 Å².